The second kappa shape index (κ2) is 5.67. The van der Waals surface area contributed by atoms with Crippen LogP contribution in [0.1, 0.15) is 48.7 Å². The summed E-state index contributed by atoms with van der Waals surface area (Å²) in [6.45, 7) is 2.22. The topological polar surface area (TPSA) is 30.2 Å². The Morgan fingerprint density at radius 2 is 2.06 bits per heavy atom. The third-order valence-electron chi connectivity index (χ3n) is 3.03. The van der Waals surface area contributed by atoms with Gasteiger partial charge in [-0.3, -0.25) is 4.79 Å². The van der Waals surface area contributed by atoms with Gasteiger partial charge in [0.25, 0.3) is 0 Å². The van der Waals surface area contributed by atoms with Crippen molar-refractivity contribution >= 4 is 17.3 Å². The Bertz CT molecular complexity index is 497. The molecule has 0 radical (unpaired) electrons. The minimum Gasteiger partial charge on any atom is -0.453 e. The van der Waals surface area contributed by atoms with Crippen LogP contribution < -0.4 is 0 Å². The normalized spacial score (nSPS) is 10.9. The van der Waals surface area contributed by atoms with Crippen LogP contribution in [0.2, 0.25) is 0 Å². The van der Waals surface area contributed by atoms with Gasteiger partial charge in [0.05, 0.1) is 0 Å². The lowest BCUT2D eigenvalue weighted by Gasteiger charge is -2.00. The molecule has 2 nitrogen and oxygen atoms in total. The van der Waals surface area contributed by atoms with Gasteiger partial charge in [0, 0.05) is 5.39 Å². The number of rotatable bonds is 6. The predicted molar refractivity (Wildman–Crippen MR) is 69.4 cm³/mol. The van der Waals surface area contributed by atoms with Crippen molar-refractivity contribution in [2.75, 3.05) is 0 Å². The maximum Gasteiger partial charge on any atom is 0.185 e. The molecule has 0 atom stereocenters. The standard InChI is InChI=1S/C15H18O2/c1-2-3-4-5-6-12-7-8-15-13(9-12)10-14(11-16)17-15/h7-11H,2-6H2,1H3. The smallest absolute Gasteiger partial charge is 0.185 e. The average Bonchev–Trinajstić information content (AvgIpc) is 2.77. The number of benzene rings is 1. The summed E-state index contributed by atoms with van der Waals surface area (Å²) in [6.07, 6.45) is 6.96. The molecular weight excluding hydrogens is 212 g/mol. The first kappa shape index (κ1) is 11.9. The van der Waals surface area contributed by atoms with E-state index in [1.54, 1.807) is 6.07 Å². The number of carbonyl (C=O) groups excluding carboxylic acids is 1. The van der Waals surface area contributed by atoms with Crippen molar-refractivity contribution in [1.29, 1.82) is 0 Å². The molecule has 1 aromatic carbocycles. The number of hydrogen-bond acceptors (Lipinski definition) is 2. The van der Waals surface area contributed by atoms with Gasteiger partial charge in [0.15, 0.2) is 12.0 Å². The van der Waals surface area contributed by atoms with Gasteiger partial charge in [-0.2, -0.15) is 0 Å². The molecule has 0 unspecified atom stereocenters. The monoisotopic (exact) mass is 230 g/mol. The lowest BCUT2D eigenvalue weighted by atomic mass is 10.0. The zero-order valence-corrected chi connectivity index (χ0v) is 10.2. The van der Waals surface area contributed by atoms with E-state index in [0.29, 0.717) is 5.76 Å². The van der Waals surface area contributed by atoms with Crippen molar-refractivity contribution in [3.8, 4) is 0 Å². The summed E-state index contributed by atoms with van der Waals surface area (Å²) in [5.74, 6) is 0.406. The number of furan rings is 1. The molecule has 0 aliphatic heterocycles. The molecule has 0 aliphatic carbocycles. The summed E-state index contributed by atoms with van der Waals surface area (Å²) in [6, 6.07) is 7.97. The molecule has 2 aromatic rings. The fourth-order valence-electron chi connectivity index (χ4n) is 2.08. The van der Waals surface area contributed by atoms with Gasteiger partial charge in [-0.15, -0.1) is 0 Å². The maximum atomic E-state index is 10.6. The highest BCUT2D eigenvalue weighted by Crippen LogP contribution is 2.21. The first-order valence-corrected chi connectivity index (χ1v) is 6.31. The van der Waals surface area contributed by atoms with Gasteiger partial charge in [0.2, 0.25) is 0 Å². The van der Waals surface area contributed by atoms with Crippen LogP contribution in [0.15, 0.2) is 28.7 Å². The Balaban J connectivity index is 2.06. The summed E-state index contributed by atoms with van der Waals surface area (Å²) in [5, 5.41) is 1.03. The molecule has 0 saturated carbocycles. The SMILES string of the molecule is CCCCCCc1ccc2oc(C=O)cc2c1. The van der Waals surface area contributed by atoms with Gasteiger partial charge in [-0.05, 0) is 36.6 Å². The van der Waals surface area contributed by atoms with Crippen molar-refractivity contribution in [2.45, 2.75) is 39.0 Å². The Kier molecular flexibility index (Phi) is 3.97. The van der Waals surface area contributed by atoms with E-state index >= 15 is 0 Å². The summed E-state index contributed by atoms with van der Waals surface area (Å²) in [4.78, 5) is 10.6. The quantitative estimate of drug-likeness (QED) is 0.545. The van der Waals surface area contributed by atoms with Gasteiger partial charge in [-0.25, -0.2) is 0 Å². The fraction of sp³-hybridized carbons (Fsp3) is 0.400. The molecule has 0 saturated heterocycles. The highest BCUT2D eigenvalue weighted by atomic mass is 16.3. The van der Waals surface area contributed by atoms with E-state index in [4.69, 9.17) is 4.42 Å². The molecule has 2 rings (SSSR count). The van der Waals surface area contributed by atoms with Crippen LogP contribution in [0, 0.1) is 0 Å². The Morgan fingerprint density at radius 3 is 2.82 bits per heavy atom. The van der Waals surface area contributed by atoms with Gasteiger partial charge < -0.3 is 4.42 Å². The number of hydrogen-bond donors (Lipinski definition) is 0. The summed E-state index contributed by atoms with van der Waals surface area (Å²) in [5.41, 5.74) is 2.12. The van der Waals surface area contributed by atoms with Crippen LogP contribution >= 0.6 is 0 Å². The van der Waals surface area contributed by atoms with Crippen LogP contribution in [0.4, 0.5) is 0 Å². The van der Waals surface area contributed by atoms with E-state index in [2.05, 4.69) is 19.1 Å². The van der Waals surface area contributed by atoms with Crippen molar-refractivity contribution in [3.63, 3.8) is 0 Å². The second-order valence-electron chi connectivity index (χ2n) is 4.45. The van der Waals surface area contributed by atoms with Crippen LogP contribution in [-0.2, 0) is 6.42 Å². The highest BCUT2D eigenvalue weighted by Gasteiger charge is 2.03. The summed E-state index contributed by atoms with van der Waals surface area (Å²) >= 11 is 0. The number of aryl methyl sites for hydroxylation is 1. The maximum absolute atomic E-state index is 10.6. The molecule has 1 heterocycles. The van der Waals surface area contributed by atoms with E-state index in [0.717, 1.165) is 23.7 Å². The fourth-order valence-corrected chi connectivity index (χ4v) is 2.08. The van der Waals surface area contributed by atoms with Crippen LogP contribution in [0.3, 0.4) is 0 Å². The first-order chi connectivity index (χ1) is 8.33. The molecule has 90 valence electrons. The Labute approximate surface area is 102 Å². The number of carbonyl (C=O) groups is 1. The number of unbranched alkanes of at least 4 members (excludes halogenated alkanes) is 3. The number of aldehydes is 1. The van der Waals surface area contributed by atoms with Gasteiger partial charge in [-0.1, -0.05) is 32.3 Å². The highest BCUT2D eigenvalue weighted by molar-refractivity contribution is 5.85. The zero-order valence-electron chi connectivity index (χ0n) is 10.2. The van der Waals surface area contributed by atoms with E-state index in [-0.39, 0.29) is 0 Å². The van der Waals surface area contributed by atoms with Crippen molar-refractivity contribution in [1.82, 2.24) is 0 Å². The minimum atomic E-state index is 0.406. The summed E-state index contributed by atoms with van der Waals surface area (Å²) < 4.78 is 5.35. The molecule has 0 N–H and O–H groups in total. The van der Waals surface area contributed by atoms with Crippen LogP contribution in [0.5, 0.6) is 0 Å². The molecule has 0 bridgehead atoms. The summed E-state index contributed by atoms with van der Waals surface area (Å²) in [7, 11) is 0. The van der Waals surface area contributed by atoms with Crippen molar-refractivity contribution in [2.24, 2.45) is 0 Å². The van der Waals surface area contributed by atoms with E-state index in [9.17, 15) is 4.79 Å². The molecule has 2 heteroatoms. The zero-order chi connectivity index (χ0) is 12.1. The van der Waals surface area contributed by atoms with E-state index < -0.39 is 0 Å². The Morgan fingerprint density at radius 1 is 1.18 bits per heavy atom. The first-order valence-electron chi connectivity index (χ1n) is 6.31. The molecule has 0 amide bonds. The molecule has 17 heavy (non-hydrogen) atoms. The second-order valence-corrected chi connectivity index (χ2v) is 4.45. The molecular formula is C15H18O2. The van der Waals surface area contributed by atoms with E-state index in [1.807, 2.05) is 6.07 Å². The lowest BCUT2D eigenvalue weighted by molar-refractivity contribution is 0.110. The van der Waals surface area contributed by atoms with Crippen LogP contribution in [0.25, 0.3) is 11.0 Å². The average molecular weight is 230 g/mol. The lowest BCUT2D eigenvalue weighted by Crippen LogP contribution is -1.85. The van der Waals surface area contributed by atoms with Crippen molar-refractivity contribution < 1.29 is 9.21 Å². The largest absolute Gasteiger partial charge is 0.453 e. The molecule has 0 fully saturated rings. The number of fused-ring (bicyclic) bond motifs is 1. The Hall–Kier alpha value is -1.57. The van der Waals surface area contributed by atoms with Gasteiger partial charge in [0.1, 0.15) is 5.58 Å². The minimum absolute atomic E-state index is 0.406. The third kappa shape index (κ3) is 2.96. The van der Waals surface area contributed by atoms with Crippen LogP contribution in [-0.4, -0.2) is 6.29 Å². The van der Waals surface area contributed by atoms with Gasteiger partial charge >= 0.3 is 0 Å². The molecule has 0 spiro atoms. The predicted octanol–water partition coefficient (Wildman–Crippen LogP) is 4.37. The molecule has 1 aromatic heterocycles. The third-order valence-corrected chi connectivity index (χ3v) is 3.03. The molecule has 0 aliphatic rings. The van der Waals surface area contributed by atoms with E-state index in [1.165, 1.54) is 31.2 Å². The van der Waals surface area contributed by atoms with Crippen molar-refractivity contribution in [3.05, 3.63) is 35.6 Å².